The van der Waals surface area contributed by atoms with Crippen molar-refractivity contribution >= 4 is 11.8 Å². The van der Waals surface area contributed by atoms with Gasteiger partial charge in [-0.25, -0.2) is 8.78 Å². The number of carboxylic acid groups (broad SMARTS) is 1. The van der Waals surface area contributed by atoms with Gasteiger partial charge in [0.05, 0.1) is 5.84 Å². The summed E-state index contributed by atoms with van der Waals surface area (Å²) >= 11 is 0. The largest absolute Gasteiger partial charge is 0.480 e. The van der Waals surface area contributed by atoms with Gasteiger partial charge in [-0.05, 0) is 13.3 Å². The molecule has 0 spiro atoms. The first-order valence-corrected chi connectivity index (χ1v) is 4.67. The van der Waals surface area contributed by atoms with Crippen molar-refractivity contribution in [2.75, 3.05) is 6.54 Å². The highest BCUT2D eigenvalue weighted by Crippen LogP contribution is 2.16. The van der Waals surface area contributed by atoms with Gasteiger partial charge in [0.2, 0.25) is 0 Å². The first kappa shape index (κ1) is 14.5. The van der Waals surface area contributed by atoms with Crippen LogP contribution in [0.5, 0.6) is 0 Å². The number of carbonyl (C=O) groups is 1. The summed E-state index contributed by atoms with van der Waals surface area (Å²) in [5.74, 6) is -3.98. The smallest absolute Gasteiger partial charge is 0.327 e. The zero-order valence-corrected chi connectivity index (χ0v) is 8.89. The number of amidine groups is 1. The molecule has 0 bridgehead atoms. The normalized spacial score (nSPS) is 14.0. The maximum atomic E-state index is 13.0. The Hall–Kier alpha value is -1.50. The van der Waals surface area contributed by atoms with Gasteiger partial charge < -0.3 is 16.2 Å². The second kappa shape index (κ2) is 6.89. The molecule has 7 heteroatoms. The highest BCUT2D eigenvalue weighted by atomic mass is 19.2. The summed E-state index contributed by atoms with van der Waals surface area (Å²) in [7, 11) is 0. The van der Waals surface area contributed by atoms with E-state index < -0.39 is 23.7 Å². The molecule has 0 aliphatic rings. The lowest BCUT2D eigenvalue weighted by Gasteiger charge is -2.06. The summed E-state index contributed by atoms with van der Waals surface area (Å²) in [6.45, 7) is 1.84. The van der Waals surface area contributed by atoms with Crippen LogP contribution in [0.1, 0.15) is 19.8 Å². The van der Waals surface area contributed by atoms with Gasteiger partial charge in [0.1, 0.15) is 5.83 Å². The predicted molar refractivity (Wildman–Crippen MR) is 55.5 cm³/mol. The fraction of sp³-hybridized carbons (Fsp3) is 0.556. The van der Waals surface area contributed by atoms with Crippen molar-refractivity contribution in [2.45, 2.75) is 25.8 Å². The number of hydrogen-bond acceptors (Lipinski definition) is 3. The Labute approximate surface area is 91.8 Å². The van der Waals surface area contributed by atoms with Crippen molar-refractivity contribution in [2.24, 2.45) is 5.73 Å². The highest BCUT2D eigenvalue weighted by molar-refractivity contribution is 5.76. The Morgan fingerprint density at radius 2 is 2.12 bits per heavy atom. The van der Waals surface area contributed by atoms with Crippen LogP contribution in [-0.2, 0) is 4.79 Å². The molecular formula is C9H15F2N3O2. The molecule has 0 saturated carbocycles. The molecule has 0 radical (unpaired) electrons. The molecule has 0 aliphatic carbocycles. The van der Waals surface area contributed by atoms with Gasteiger partial charge in [-0.2, -0.15) is 0 Å². The second-order valence-electron chi connectivity index (χ2n) is 3.22. The number of halogens is 2. The number of hydrogen-bond donors (Lipinski definition) is 4. The molecule has 0 aromatic carbocycles. The van der Waals surface area contributed by atoms with Crippen LogP contribution in [0, 0.1) is 5.41 Å². The lowest BCUT2D eigenvalue weighted by Crippen LogP contribution is -2.31. The van der Waals surface area contributed by atoms with Gasteiger partial charge in [0, 0.05) is 13.0 Å². The van der Waals surface area contributed by atoms with Crippen LogP contribution in [0.3, 0.4) is 0 Å². The minimum absolute atomic E-state index is 0.229. The molecule has 92 valence electrons. The quantitative estimate of drug-likeness (QED) is 0.312. The molecule has 0 aromatic rings. The lowest BCUT2D eigenvalue weighted by molar-refractivity contribution is -0.138. The van der Waals surface area contributed by atoms with E-state index in [-0.39, 0.29) is 18.7 Å². The molecule has 0 fully saturated rings. The van der Waals surface area contributed by atoms with Crippen molar-refractivity contribution in [1.29, 1.82) is 5.41 Å². The van der Waals surface area contributed by atoms with Gasteiger partial charge >= 0.3 is 5.97 Å². The summed E-state index contributed by atoms with van der Waals surface area (Å²) in [4.78, 5) is 10.3. The predicted octanol–water partition coefficient (Wildman–Crippen LogP) is 0.916. The molecule has 0 aromatic heterocycles. The molecule has 0 rings (SSSR count). The minimum atomic E-state index is -1.95. The van der Waals surface area contributed by atoms with E-state index >= 15 is 0 Å². The average Bonchev–Trinajstić information content (AvgIpc) is 2.21. The van der Waals surface area contributed by atoms with E-state index in [2.05, 4.69) is 5.32 Å². The first-order chi connectivity index (χ1) is 7.36. The van der Waals surface area contributed by atoms with E-state index in [9.17, 15) is 13.6 Å². The van der Waals surface area contributed by atoms with Crippen LogP contribution in [0.4, 0.5) is 8.78 Å². The Balaban J connectivity index is 4.11. The molecule has 16 heavy (non-hydrogen) atoms. The van der Waals surface area contributed by atoms with E-state index in [1.54, 1.807) is 0 Å². The molecule has 5 N–H and O–H groups in total. The van der Waals surface area contributed by atoms with Crippen LogP contribution >= 0.6 is 0 Å². The number of allylic oxidation sites excluding steroid dienone is 1. The van der Waals surface area contributed by atoms with Crippen molar-refractivity contribution in [3.8, 4) is 0 Å². The summed E-state index contributed by atoms with van der Waals surface area (Å²) < 4.78 is 26.0. The topological polar surface area (TPSA) is 99.2 Å². The first-order valence-electron chi connectivity index (χ1n) is 4.67. The van der Waals surface area contributed by atoms with Crippen molar-refractivity contribution in [3.05, 3.63) is 11.7 Å². The number of rotatable bonds is 6. The van der Waals surface area contributed by atoms with E-state index in [0.717, 1.165) is 0 Å². The number of nitrogens with two attached hydrogens (primary N) is 1. The molecule has 0 saturated heterocycles. The van der Waals surface area contributed by atoms with Crippen molar-refractivity contribution < 1.29 is 18.7 Å². The third kappa shape index (κ3) is 5.40. The minimum Gasteiger partial charge on any atom is -0.480 e. The van der Waals surface area contributed by atoms with Gasteiger partial charge in [-0.3, -0.25) is 10.2 Å². The summed E-state index contributed by atoms with van der Waals surface area (Å²) in [6.07, 6.45) is 0.00884. The molecule has 1 unspecified atom stereocenters. The maximum Gasteiger partial charge on any atom is 0.327 e. The van der Waals surface area contributed by atoms with Crippen LogP contribution in [-0.4, -0.2) is 29.5 Å². The summed E-state index contributed by atoms with van der Waals surface area (Å²) in [6, 6.07) is -1.95. The number of carboxylic acids is 1. The number of nitrogens with one attached hydrogen (secondary N) is 2. The molecular weight excluding hydrogens is 220 g/mol. The molecule has 5 nitrogen and oxygen atoms in total. The Morgan fingerprint density at radius 3 is 2.56 bits per heavy atom. The molecule has 0 heterocycles. The third-order valence-corrected chi connectivity index (χ3v) is 1.76. The van der Waals surface area contributed by atoms with E-state index in [1.165, 1.54) is 6.92 Å². The maximum absolute atomic E-state index is 13.0. The van der Waals surface area contributed by atoms with Crippen molar-refractivity contribution in [1.82, 2.24) is 5.32 Å². The van der Waals surface area contributed by atoms with Gasteiger partial charge in [-0.1, -0.05) is 0 Å². The SMILES string of the molecule is CC(=N)NCCC/C(F)=C(\F)C(N)C(=O)O. The number of aliphatic carboxylic acids is 1. The average molecular weight is 235 g/mol. The van der Waals surface area contributed by atoms with Crippen LogP contribution in [0.2, 0.25) is 0 Å². The third-order valence-electron chi connectivity index (χ3n) is 1.76. The van der Waals surface area contributed by atoms with Gasteiger partial charge in [0.25, 0.3) is 0 Å². The summed E-state index contributed by atoms with van der Waals surface area (Å²) in [5, 5.41) is 18.0. The lowest BCUT2D eigenvalue weighted by atomic mass is 10.2. The monoisotopic (exact) mass is 235 g/mol. The van der Waals surface area contributed by atoms with E-state index in [1.807, 2.05) is 0 Å². The fourth-order valence-electron chi connectivity index (χ4n) is 0.916. The zero-order chi connectivity index (χ0) is 12.7. The van der Waals surface area contributed by atoms with Crippen molar-refractivity contribution in [3.63, 3.8) is 0 Å². The van der Waals surface area contributed by atoms with E-state index in [4.69, 9.17) is 16.2 Å². The molecule has 0 amide bonds. The molecule has 0 aliphatic heterocycles. The van der Waals surface area contributed by atoms with Crippen LogP contribution in [0.25, 0.3) is 0 Å². The van der Waals surface area contributed by atoms with Gasteiger partial charge in [0.15, 0.2) is 11.9 Å². The Bertz CT molecular complexity index is 305. The zero-order valence-electron chi connectivity index (χ0n) is 8.89. The molecule has 1 atom stereocenters. The van der Waals surface area contributed by atoms with Crippen LogP contribution < -0.4 is 11.1 Å². The Morgan fingerprint density at radius 1 is 1.56 bits per heavy atom. The Kier molecular flexibility index (Phi) is 6.24. The fourth-order valence-corrected chi connectivity index (χ4v) is 0.916. The second-order valence-corrected chi connectivity index (χ2v) is 3.22. The van der Waals surface area contributed by atoms with E-state index in [0.29, 0.717) is 6.54 Å². The van der Waals surface area contributed by atoms with Crippen LogP contribution in [0.15, 0.2) is 11.7 Å². The summed E-state index contributed by atoms with van der Waals surface area (Å²) in [5.41, 5.74) is 4.89. The standard InChI is InChI=1S/C9H15F2N3O2/c1-5(12)14-4-2-3-6(10)7(11)8(13)9(15)16/h8H,2-4,13H2,1H3,(H2,12,14)(H,15,16)/b7-6+. The van der Waals surface area contributed by atoms with Gasteiger partial charge in [-0.15, -0.1) is 0 Å². The highest BCUT2D eigenvalue weighted by Gasteiger charge is 2.21.